The van der Waals surface area contributed by atoms with Crippen molar-refractivity contribution in [2.75, 3.05) is 11.9 Å². The molecule has 0 radical (unpaired) electrons. The van der Waals surface area contributed by atoms with Crippen LogP contribution in [0.5, 0.6) is 0 Å². The van der Waals surface area contributed by atoms with Gasteiger partial charge >= 0.3 is 0 Å². The molecule has 0 aliphatic heterocycles. The molecule has 2 rings (SSSR count). The molecule has 18 heavy (non-hydrogen) atoms. The van der Waals surface area contributed by atoms with Crippen molar-refractivity contribution in [3.05, 3.63) is 59.3 Å². The summed E-state index contributed by atoms with van der Waals surface area (Å²) in [5, 5.41) is 0. The van der Waals surface area contributed by atoms with Gasteiger partial charge in [-0.2, -0.15) is 0 Å². The molecule has 0 saturated heterocycles. The predicted molar refractivity (Wildman–Crippen MR) is 77.1 cm³/mol. The molecule has 1 heterocycles. The number of hydrogen-bond donors (Lipinski definition) is 0. The molecule has 1 aromatic carbocycles. The second-order valence-corrected chi connectivity index (χ2v) is 4.77. The van der Waals surface area contributed by atoms with E-state index in [1.165, 1.54) is 11.1 Å². The Hall–Kier alpha value is -1.54. The molecule has 0 unspecified atom stereocenters. The van der Waals surface area contributed by atoms with E-state index in [2.05, 4.69) is 41.1 Å². The quantitative estimate of drug-likeness (QED) is 0.778. The summed E-state index contributed by atoms with van der Waals surface area (Å²) >= 11 is 5.84. The van der Waals surface area contributed by atoms with Crippen LogP contribution in [-0.2, 0) is 12.4 Å². The Morgan fingerprint density at radius 3 is 2.72 bits per heavy atom. The third kappa shape index (κ3) is 3.23. The average molecular weight is 261 g/mol. The standard InChI is InChI=1S/C15H17ClN2/c1-12-4-3-5-14(8-12)11-18(2)15-9-13(10-16)6-7-17-15/h3-9H,10-11H2,1-2H3. The first kappa shape index (κ1) is 12.9. The summed E-state index contributed by atoms with van der Waals surface area (Å²) in [6.07, 6.45) is 1.81. The van der Waals surface area contributed by atoms with Crippen LogP contribution in [0.2, 0.25) is 0 Å². The molecule has 0 aliphatic carbocycles. The van der Waals surface area contributed by atoms with Crippen LogP contribution in [0.1, 0.15) is 16.7 Å². The van der Waals surface area contributed by atoms with Gasteiger partial charge in [0.2, 0.25) is 0 Å². The Morgan fingerprint density at radius 1 is 1.17 bits per heavy atom. The van der Waals surface area contributed by atoms with Gasteiger partial charge in [0.15, 0.2) is 0 Å². The number of pyridine rings is 1. The van der Waals surface area contributed by atoms with Gasteiger partial charge in [0.05, 0.1) is 0 Å². The number of aromatic nitrogens is 1. The highest BCUT2D eigenvalue weighted by Crippen LogP contribution is 2.15. The topological polar surface area (TPSA) is 16.1 Å². The molecule has 0 amide bonds. The first-order valence-corrected chi connectivity index (χ1v) is 6.50. The van der Waals surface area contributed by atoms with Crippen LogP contribution in [0, 0.1) is 6.92 Å². The maximum absolute atomic E-state index is 5.84. The van der Waals surface area contributed by atoms with Crippen molar-refractivity contribution in [3.8, 4) is 0 Å². The Balaban J connectivity index is 2.13. The third-order valence-electron chi connectivity index (χ3n) is 2.86. The lowest BCUT2D eigenvalue weighted by atomic mass is 10.1. The number of aryl methyl sites for hydroxylation is 1. The van der Waals surface area contributed by atoms with Gasteiger partial charge in [-0.05, 0) is 30.2 Å². The molecule has 0 spiro atoms. The zero-order chi connectivity index (χ0) is 13.0. The summed E-state index contributed by atoms with van der Waals surface area (Å²) in [6.45, 7) is 2.95. The maximum Gasteiger partial charge on any atom is 0.128 e. The minimum Gasteiger partial charge on any atom is -0.355 e. The van der Waals surface area contributed by atoms with Crippen LogP contribution >= 0.6 is 11.6 Å². The van der Waals surface area contributed by atoms with E-state index < -0.39 is 0 Å². The van der Waals surface area contributed by atoms with Crippen LogP contribution in [0.25, 0.3) is 0 Å². The SMILES string of the molecule is Cc1cccc(CN(C)c2cc(CCl)ccn2)c1. The van der Waals surface area contributed by atoms with Crippen molar-refractivity contribution in [3.63, 3.8) is 0 Å². The smallest absolute Gasteiger partial charge is 0.128 e. The van der Waals surface area contributed by atoms with Crippen molar-refractivity contribution >= 4 is 17.4 Å². The summed E-state index contributed by atoms with van der Waals surface area (Å²) in [5.74, 6) is 1.48. The van der Waals surface area contributed by atoms with Gasteiger partial charge in [-0.1, -0.05) is 29.8 Å². The number of nitrogens with zero attached hydrogens (tertiary/aromatic N) is 2. The van der Waals surface area contributed by atoms with Crippen LogP contribution in [0.3, 0.4) is 0 Å². The van der Waals surface area contributed by atoms with Crippen molar-refractivity contribution in [1.29, 1.82) is 0 Å². The highest BCUT2D eigenvalue weighted by molar-refractivity contribution is 6.17. The zero-order valence-electron chi connectivity index (χ0n) is 10.7. The van der Waals surface area contributed by atoms with Crippen molar-refractivity contribution < 1.29 is 0 Å². The fraction of sp³-hybridized carbons (Fsp3) is 0.267. The second kappa shape index (κ2) is 5.87. The molecule has 2 aromatic rings. The van der Waals surface area contributed by atoms with Crippen molar-refractivity contribution in [2.45, 2.75) is 19.3 Å². The lowest BCUT2D eigenvalue weighted by molar-refractivity contribution is 0.895. The summed E-state index contributed by atoms with van der Waals surface area (Å²) in [7, 11) is 2.04. The molecule has 3 heteroatoms. The Kier molecular flexibility index (Phi) is 4.21. The molecular formula is C15H17ClN2. The summed E-state index contributed by atoms with van der Waals surface area (Å²) in [5.41, 5.74) is 3.66. The van der Waals surface area contributed by atoms with Gasteiger partial charge in [-0.3, -0.25) is 0 Å². The molecule has 0 aliphatic rings. The van der Waals surface area contributed by atoms with E-state index in [0.717, 1.165) is 17.9 Å². The Labute approximate surface area is 113 Å². The third-order valence-corrected chi connectivity index (χ3v) is 3.17. The van der Waals surface area contributed by atoms with Crippen molar-refractivity contribution in [1.82, 2.24) is 4.98 Å². The molecule has 0 N–H and O–H groups in total. The molecule has 0 saturated carbocycles. The number of hydrogen-bond acceptors (Lipinski definition) is 2. The summed E-state index contributed by atoms with van der Waals surface area (Å²) in [4.78, 5) is 6.50. The van der Waals surface area contributed by atoms with E-state index in [-0.39, 0.29) is 0 Å². The van der Waals surface area contributed by atoms with E-state index in [4.69, 9.17) is 11.6 Å². The fourth-order valence-electron chi connectivity index (χ4n) is 1.92. The number of benzene rings is 1. The lowest BCUT2D eigenvalue weighted by Crippen LogP contribution is -2.17. The first-order chi connectivity index (χ1) is 8.69. The van der Waals surface area contributed by atoms with Gasteiger partial charge in [-0.15, -0.1) is 11.6 Å². The molecule has 2 nitrogen and oxygen atoms in total. The monoisotopic (exact) mass is 260 g/mol. The van der Waals surface area contributed by atoms with Gasteiger partial charge < -0.3 is 4.90 Å². The molecule has 94 valence electrons. The van der Waals surface area contributed by atoms with E-state index >= 15 is 0 Å². The predicted octanol–water partition coefficient (Wildman–Crippen LogP) is 3.77. The van der Waals surface area contributed by atoms with Crippen LogP contribution < -0.4 is 4.90 Å². The minimum atomic E-state index is 0.522. The maximum atomic E-state index is 5.84. The van der Waals surface area contributed by atoms with E-state index in [1.807, 2.05) is 19.2 Å². The van der Waals surface area contributed by atoms with Crippen LogP contribution in [0.15, 0.2) is 42.6 Å². The minimum absolute atomic E-state index is 0.522. The van der Waals surface area contributed by atoms with E-state index in [9.17, 15) is 0 Å². The normalized spacial score (nSPS) is 10.4. The summed E-state index contributed by atoms with van der Waals surface area (Å²) < 4.78 is 0. The second-order valence-electron chi connectivity index (χ2n) is 4.50. The zero-order valence-corrected chi connectivity index (χ0v) is 11.5. The van der Waals surface area contributed by atoms with Crippen LogP contribution in [0.4, 0.5) is 5.82 Å². The van der Waals surface area contributed by atoms with E-state index in [0.29, 0.717) is 5.88 Å². The van der Waals surface area contributed by atoms with Gasteiger partial charge in [0.25, 0.3) is 0 Å². The molecule has 0 bridgehead atoms. The van der Waals surface area contributed by atoms with Gasteiger partial charge in [0.1, 0.15) is 5.82 Å². The number of alkyl halides is 1. The molecule has 0 fully saturated rings. The first-order valence-electron chi connectivity index (χ1n) is 5.96. The molecule has 1 aromatic heterocycles. The molecule has 0 atom stereocenters. The highest BCUT2D eigenvalue weighted by atomic mass is 35.5. The van der Waals surface area contributed by atoms with Gasteiger partial charge in [-0.25, -0.2) is 4.98 Å². The number of anilines is 1. The highest BCUT2D eigenvalue weighted by Gasteiger charge is 2.04. The fourth-order valence-corrected chi connectivity index (χ4v) is 2.08. The Bertz CT molecular complexity index is 525. The van der Waals surface area contributed by atoms with Crippen LogP contribution in [-0.4, -0.2) is 12.0 Å². The van der Waals surface area contributed by atoms with Gasteiger partial charge in [0, 0.05) is 25.7 Å². The summed E-state index contributed by atoms with van der Waals surface area (Å²) in [6, 6.07) is 12.5. The Morgan fingerprint density at radius 2 is 2.00 bits per heavy atom. The average Bonchev–Trinajstić information content (AvgIpc) is 2.39. The lowest BCUT2D eigenvalue weighted by Gasteiger charge is -2.19. The molecular weight excluding hydrogens is 244 g/mol. The largest absolute Gasteiger partial charge is 0.355 e. The number of rotatable bonds is 4. The number of halogens is 1. The van der Waals surface area contributed by atoms with Crippen molar-refractivity contribution in [2.24, 2.45) is 0 Å². The van der Waals surface area contributed by atoms with E-state index in [1.54, 1.807) is 6.20 Å².